The molecule has 0 aliphatic carbocycles. The van der Waals surface area contributed by atoms with Gasteiger partial charge in [-0.3, -0.25) is 0 Å². The second kappa shape index (κ2) is 2.62. The molecule has 64 valence electrons. The molecule has 0 unspecified atom stereocenters. The molecule has 0 saturated carbocycles. The first-order valence-electron chi connectivity index (χ1n) is 2.96. The molecular weight excluding hydrogens is 172 g/mol. The molecule has 0 saturated heterocycles. The Morgan fingerprint density at radius 3 is 0.917 bits per heavy atom. The van der Waals surface area contributed by atoms with Crippen molar-refractivity contribution < 1.29 is 17.6 Å². The smallest absolute Gasteiger partial charge is 0.169 e. The Morgan fingerprint density at radius 2 is 0.750 bits per heavy atom. The Hall–Kier alpha value is -1.32. The van der Waals surface area contributed by atoms with E-state index in [-0.39, 0.29) is 0 Å². The summed E-state index contributed by atoms with van der Waals surface area (Å²) in [6.07, 6.45) is 0. The zero-order valence-electron chi connectivity index (χ0n) is 5.93. The van der Waals surface area contributed by atoms with Gasteiger partial charge in [-0.25, -0.2) is 17.6 Å². The number of halogens is 4. The normalized spacial score (nSPS) is 10.3. The van der Waals surface area contributed by atoms with Crippen LogP contribution in [0.1, 0.15) is 0 Å². The first-order valence-corrected chi connectivity index (χ1v) is 2.96. The number of rotatable bonds is 0. The molecule has 0 nitrogen and oxygen atoms in total. The summed E-state index contributed by atoms with van der Waals surface area (Å²) in [6, 6.07) is 0. The van der Waals surface area contributed by atoms with Crippen LogP contribution < -0.4 is 10.4 Å². The van der Waals surface area contributed by atoms with Crippen molar-refractivity contribution in [2.75, 3.05) is 0 Å². The van der Waals surface area contributed by atoms with Crippen LogP contribution in [0.5, 0.6) is 0 Å². The van der Waals surface area contributed by atoms with Crippen molar-refractivity contribution in [3.8, 4) is 0 Å². The van der Waals surface area contributed by atoms with E-state index in [0.29, 0.717) is 0 Å². The number of benzene rings is 1. The molecule has 0 amide bonds. The fourth-order valence-electron chi connectivity index (χ4n) is 0.723. The molecule has 0 atom stereocenters. The fraction of sp³-hybridized carbons (Fsp3) is 0. The monoisotopic (exact) mass is 176 g/mol. The summed E-state index contributed by atoms with van der Waals surface area (Å²) >= 11 is 0. The van der Waals surface area contributed by atoms with E-state index in [4.69, 9.17) is 0 Å². The van der Waals surface area contributed by atoms with Crippen LogP contribution in [0.15, 0.2) is 0 Å². The van der Waals surface area contributed by atoms with Crippen molar-refractivity contribution >= 4 is 13.2 Å². The predicted octanol–water partition coefficient (Wildman–Crippen LogP) is 1.06. The van der Waals surface area contributed by atoms with Crippen LogP contribution in [0.4, 0.5) is 17.6 Å². The second-order valence-corrected chi connectivity index (χ2v) is 2.21. The van der Waals surface area contributed by atoms with Crippen molar-refractivity contribution in [3.05, 3.63) is 33.7 Å². The molecule has 1 aromatic carbocycles. The average molecular weight is 176 g/mol. The average Bonchev–Trinajstić information content (AvgIpc) is 2.08. The maximum atomic E-state index is 12.5. The lowest BCUT2D eigenvalue weighted by Crippen LogP contribution is -2.26. The topological polar surface area (TPSA) is 0 Å². The maximum Gasteiger partial charge on any atom is 0.169 e. The van der Waals surface area contributed by atoms with Crippen LogP contribution in [0.2, 0.25) is 0 Å². The minimum Gasteiger partial charge on any atom is -0.203 e. The van der Waals surface area contributed by atoms with Crippen LogP contribution in [0.3, 0.4) is 0 Å². The molecule has 12 heavy (non-hydrogen) atoms. The largest absolute Gasteiger partial charge is 0.203 e. The van der Waals surface area contributed by atoms with Gasteiger partial charge in [-0.1, -0.05) is 13.2 Å². The van der Waals surface area contributed by atoms with Gasteiger partial charge in [-0.15, -0.1) is 0 Å². The Kier molecular flexibility index (Phi) is 1.92. The van der Waals surface area contributed by atoms with Crippen molar-refractivity contribution in [3.63, 3.8) is 0 Å². The van der Waals surface area contributed by atoms with E-state index in [2.05, 4.69) is 13.2 Å². The Bertz CT molecular complexity index is 346. The molecule has 0 radical (unpaired) electrons. The Labute approximate surface area is 65.4 Å². The molecule has 4 heteroatoms. The summed E-state index contributed by atoms with van der Waals surface area (Å²) < 4.78 is 50.2. The van der Waals surface area contributed by atoms with Crippen molar-refractivity contribution in [1.29, 1.82) is 0 Å². The fourth-order valence-corrected chi connectivity index (χ4v) is 0.723. The highest BCUT2D eigenvalue weighted by Crippen LogP contribution is 1.99. The number of hydrogen-bond acceptors (Lipinski definition) is 0. The third kappa shape index (κ3) is 0.995. The molecule has 0 aliphatic rings. The molecule has 0 aliphatic heterocycles. The highest BCUT2D eigenvalue weighted by atomic mass is 19.2. The highest BCUT2D eigenvalue weighted by Gasteiger charge is 2.14. The zero-order chi connectivity index (χ0) is 9.46. The highest BCUT2D eigenvalue weighted by molar-refractivity contribution is 5.21. The van der Waals surface area contributed by atoms with E-state index in [0.717, 1.165) is 0 Å². The second-order valence-electron chi connectivity index (χ2n) is 2.21. The molecule has 0 bridgehead atoms. The molecule has 0 aromatic heterocycles. The third-order valence-corrected chi connectivity index (χ3v) is 1.45. The van der Waals surface area contributed by atoms with E-state index < -0.39 is 33.7 Å². The van der Waals surface area contributed by atoms with Gasteiger partial charge >= 0.3 is 0 Å². The van der Waals surface area contributed by atoms with Crippen LogP contribution in [0.25, 0.3) is 13.2 Å². The first kappa shape index (κ1) is 8.77. The van der Waals surface area contributed by atoms with Gasteiger partial charge in [0.15, 0.2) is 23.3 Å². The van der Waals surface area contributed by atoms with Crippen molar-refractivity contribution in [2.24, 2.45) is 0 Å². The van der Waals surface area contributed by atoms with E-state index in [9.17, 15) is 17.6 Å². The van der Waals surface area contributed by atoms with Crippen LogP contribution in [0, 0.1) is 23.3 Å². The molecular formula is C8H4F4. The van der Waals surface area contributed by atoms with Crippen LogP contribution >= 0.6 is 0 Å². The number of hydrogen-bond donors (Lipinski definition) is 0. The molecule has 0 fully saturated rings. The summed E-state index contributed by atoms with van der Waals surface area (Å²) in [5.41, 5.74) is 0. The van der Waals surface area contributed by atoms with Gasteiger partial charge in [0.25, 0.3) is 0 Å². The van der Waals surface area contributed by atoms with Gasteiger partial charge in [0.2, 0.25) is 0 Å². The van der Waals surface area contributed by atoms with Gasteiger partial charge in [0, 0.05) is 10.4 Å². The van der Waals surface area contributed by atoms with Crippen molar-refractivity contribution in [2.45, 2.75) is 0 Å². The summed E-state index contributed by atoms with van der Waals surface area (Å²) in [5.74, 6) is -6.00. The van der Waals surface area contributed by atoms with E-state index in [1.165, 1.54) is 0 Å². The Balaban J connectivity index is 3.86. The summed E-state index contributed by atoms with van der Waals surface area (Å²) in [7, 11) is 0. The van der Waals surface area contributed by atoms with E-state index >= 15 is 0 Å². The molecule has 1 rings (SSSR count). The van der Waals surface area contributed by atoms with Crippen molar-refractivity contribution in [1.82, 2.24) is 0 Å². The third-order valence-electron chi connectivity index (χ3n) is 1.45. The van der Waals surface area contributed by atoms with E-state index in [1.54, 1.807) is 0 Å². The van der Waals surface area contributed by atoms with Gasteiger partial charge in [-0.2, -0.15) is 0 Å². The lowest BCUT2D eigenvalue weighted by Gasteiger charge is -1.97. The standard InChI is InChI=1S/C8H4F4/c1-3-5(9)7(11)4(2)8(12)6(3)10/h1-2H2. The quantitative estimate of drug-likeness (QED) is 0.409. The zero-order valence-corrected chi connectivity index (χ0v) is 5.93. The molecule has 1 aromatic rings. The molecule has 0 N–H and O–H groups in total. The SMILES string of the molecule is C=c1c(F)c(F)c(=C)c(F)c1F. The predicted molar refractivity (Wildman–Crippen MR) is 36.6 cm³/mol. The van der Waals surface area contributed by atoms with Gasteiger partial charge in [0.1, 0.15) is 0 Å². The summed E-state index contributed by atoms with van der Waals surface area (Å²) in [6.45, 7) is 5.65. The molecule has 0 spiro atoms. The summed E-state index contributed by atoms with van der Waals surface area (Å²) in [5, 5.41) is -1.84. The van der Waals surface area contributed by atoms with Gasteiger partial charge in [-0.05, 0) is 0 Å². The molecule has 0 heterocycles. The lowest BCUT2D eigenvalue weighted by molar-refractivity contribution is 0.436. The maximum absolute atomic E-state index is 12.5. The minimum absolute atomic E-state index is 0.919. The van der Waals surface area contributed by atoms with Gasteiger partial charge < -0.3 is 0 Å². The van der Waals surface area contributed by atoms with Gasteiger partial charge in [0.05, 0.1) is 0 Å². The van der Waals surface area contributed by atoms with Crippen LogP contribution in [-0.4, -0.2) is 0 Å². The minimum atomic E-state index is -1.50. The summed E-state index contributed by atoms with van der Waals surface area (Å²) in [4.78, 5) is 0. The van der Waals surface area contributed by atoms with Crippen LogP contribution in [-0.2, 0) is 0 Å². The lowest BCUT2D eigenvalue weighted by atomic mass is 10.2. The first-order chi connectivity index (χ1) is 5.46. The van der Waals surface area contributed by atoms with E-state index in [1.807, 2.05) is 0 Å². The Morgan fingerprint density at radius 1 is 0.583 bits per heavy atom.